The highest BCUT2D eigenvalue weighted by molar-refractivity contribution is 6.01. The van der Waals surface area contributed by atoms with Crippen LogP contribution in [0.15, 0.2) is 29.5 Å². The Morgan fingerprint density at radius 3 is 2.76 bits per heavy atom. The molecular weight excluding hydrogens is 326 g/mol. The van der Waals surface area contributed by atoms with Crippen molar-refractivity contribution in [3.63, 3.8) is 0 Å². The zero-order valence-corrected chi connectivity index (χ0v) is 14.2. The largest absolute Gasteiger partial charge is 0.497 e. The number of aliphatic hydroxyl groups excluding tert-OH is 1. The fraction of sp³-hybridized carbons (Fsp3) is 0.412. The van der Waals surface area contributed by atoms with Crippen LogP contribution < -0.4 is 20.1 Å². The molecule has 0 fully saturated rings. The van der Waals surface area contributed by atoms with Crippen molar-refractivity contribution in [2.45, 2.75) is 12.5 Å². The molecule has 8 heteroatoms. The van der Waals surface area contributed by atoms with Gasteiger partial charge in [-0.3, -0.25) is 4.79 Å². The number of hydrogen-bond acceptors (Lipinski definition) is 5. The minimum Gasteiger partial charge on any atom is -0.497 e. The predicted molar refractivity (Wildman–Crippen MR) is 89.3 cm³/mol. The van der Waals surface area contributed by atoms with Crippen molar-refractivity contribution < 1.29 is 24.2 Å². The molecule has 2 aliphatic rings. The molecule has 0 aromatic heterocycles. The van der Waals surface area contributed by atoms with Crippen LogP contribution in [-0.4, -0.2) is 55.9 Å². The molecule has 3 amide bonds. The Hall–Kier alpha value is -2.74. The topological polar surface area (TPSA) is 100 Å². The second kappa shape index (κ2) is 7.02. The normalized spacial score (nSPS) is 19.5. The Bertz CT molecular complexity index is 731. The number of aliphatic hydroxyl groups is 1. The summed E-state index contributed by atoms with van der Waals surface area (Å²) in [6.07, 6.45) is 0.487. The fourth-order valence-electron chi connectivity index (χ4n) is 3.17. The molecule has 0 unspecified atom stereocenters. The number of carbonyl (C=O) groups is 2. The lowest BCUT2D eigenvalue weighted by Gasteiger charge is -2.27. The first-order valence-electron chi connectivity index (χ1n) is 8.01. The van der Waals surface area contributed by atoms with Gasteiger partial charge in [-0.2, -0.15) is 0 Å². The summed E-state index contributed by atoms with van der Waals surface area (Å²) in [5.41, 5.74) is 1.73. The van der Waals surface area contributed by atoms with Crippen molar-refractivity contribution in [2.24, 2.45) is 0 Å². The van der Waals surface area contributed by atoms with Gasteiger partial charge in [0.2, 0.25) is 0 Å². The number of amides is 3. The molecule has 0 radical (unpaired) electrons. The van der Waals surface area contributed by atoms with Crippen LogP contribution in [0.3, 0.4) is 0 Å². The highest BCUT2D eigenvalue weighted by Crippen LogP contribution is 2.38. The molecule has 0 bridgehead atoms. The molecule has 0 saturated heterocycles. The number of nitrogens with one attached hydrogen (secondary N) is 2. The highest BCUT2D eigenvalue weighted by atomic mass is 16.5. The molecule has 134 valence electrons. The molecular formula is C17H21N3O5. The van der Waals surface area contributed by atoms with Crippen LogP contribution >= 0.6 is 0 Å². The summed E-state index contributed by atoms with van der Waals surface area (Å²) in [7, 11) is 3.09. The van der Waals surface area contributed by atoms with Crippen LogP contribution in [0.2, 0.25) is 0 Å². The summed E-state index contributed by atoms with van der Waals surface area (Å²) >= 11 is 0. The Morgan fingerprint density at radius 2 is 2.08 bits per heavy atom. The number of hydrogen-bond donors (Lipinski definition) is 3. The third kappa shape index (κ3) is 3.12. The van der Waals surface area contributed by atoms with Crippen LogP contribution in [0.4, 0.5) is 4.79 Å². The maximum atomic E-state index is 12.8. The third-order valence-corrected chi connectivity index (χ3v) is 4.35. The smallest absolute Gasteiger partial charge is 0.319 e. The van der Waals surface area contributed by atoms with E-state index >= 15 is 0 Å². The summed E-state index contributed by atoms with van der Waals surface area (Å²) in [5.74, 6) is 1.00. The van der Waals surface area contributed by atoms with E-state index in [-0.39, 0.29) is 18.5 Å². The first-order valence-corrected chi connectivity index (χ1v) is 8.01. The van der Waals surface area contributed by atoms with E-state index in [9.17, 15) is 9.59 Å². The van der Waals surface area contributed by atoms with Gasteiger partial charge in [0.15, 0.2) is 0 Å². The van der Waals surface area contributed by atoms with Crippen molar-refractivity contribution in [2.75, 3.05) is 33.9 Å². The number of methoxy groups -OCH3 is 2. The van der Waals surface area contributed by atoms with Gasteiger partial charge >= 0.3 is 6.03 Å². The van der Waals surface area contributed by atoms with Crippen LogP contribution in [0, 0.1) is 0 Å². The van der Waals surface area contributed by atoms with Gasteiger partial charge in [0.1, 0.15) is 11.5 Å². The van der Waals surface area contributed by atoms with Gasteiger partial charge in [0, 0.05) is 18.7 Å². The average Bonchev–Trinajstić information content (AvgIpc) is 2.94. The monoisotopic (exact) mass is 347 g/mol. The fourth-order valence-corrected chi connectivity index (χ4v) is 3.17. The molecule has 8 nitrogen and oxygen atoms in total. The van der Waals surface area contributed by atoms with Gasteiger partial charge in [0.05, 0.1) is 38.1 Å². The van der Waals surface area contributed by atoms with E-state index in [4.69, 9.17) is 14.6 Å². The minimum absolute atomic E-state index is 0.00614. The summed E-state index contributed by atoms with van der Waals surface area (Å²) in [6.45, 7) is 0.761. The number of ether oxygens (including phenoxy) is 2. The van der Waals surface area contributed by atoms with E-state index in [2.05, 4.69) is 10.6 Å². The molecule has 1 aromatic rings. The molecule has 1 atom stereocenters. The SMILES string of the molecule is COc1ccc(OC)c([C@H]2NC(=O)NC3=C2C(=O)N(CCCO)C3)c1. The third-order valence-electron chi connectivity index (χ3n) is 4.35. The van der Waals surface area contributed by atoms with Crippen LogP contribution in [0.25, 0.3) is 0 Å². The molecule has 2 heterocycles. The number of benzene rings is 1. The van der Waals surface area contributed by atoms with E-state index in [0.717, 1.165) is 0 Å². The van der Waals surface area contributed by atoms with Crippen molar-refractivity contribution in [1.29, 1.82) is 0 Å². The summed E-state index contributed by atoms with van der Waals surface area (Å²) in [5, 5.41) is 14.5. The molecule has 1 aromatic carbocycles. The molecule has 3 N–H and O–H groups in total. The van der Waals surface area contributed by atoms with Gasteiger partial charge < -0.3 is 30.1 Å². The first kappa shape index (κ1) is 17.1. The van der Waals surface area contributed by atoms with E-state index < -0.39 is 6.04 Å². The van der Waals surface area contributed by atoms with Gasteiger partial charge in [-0.1, -0.05) is 0 Å². The lowest BCUT2D eigenvalue weighted by Crippen LogP contribution is -2.44. The van der Waals surface area contributed by atoms with E-state index in [1.54, 1.807) is 30.2 Å². The van der Waals surface area contributed by atoms with Gasteiger partial charge in [-0.15, -0.1) is 0 Å². The van der Waals surface area contributed by atoms with Crippen LogP contribution in [0.1, 0.15) is 18.0 Å². The van der Waals surface area contributed by atoms with Crippen LogP contribution in [-0.2, 0) is 4.79 Å². The standard InChI is InChI=1S/C17H21N3O5/c1-24-10-4-5-13(25-2)11(8-10)15-14-12(18-17(23)19-15)9-20(16(14)22)6-3-7-21/h4-5,8,15,21H,3,6-7,9H2,1-2H3,(H2,18,19,23)/t15-/m1/s1. The van der Waals surface area contributed by atoms with Crippen LogP contribution in [0.5, 0.6) is 11.5 Å². The molecule has 0 aliphatic carbocycles. The van der Waals surface area contributed by atoms with E-state index in [0.29, 0.717) is 47.8 Å². The van der Waals surface area contributed by atoms with E-state index in [1.807, 2.05) is 0 Å². The van der Waals surface area contributed by atoms with E-state index in [1.165, 1.54) is 7.11 Å². The summed E-state index contributed by atoms with van der Waals surface area (Å²) < 4.78 is 10.7. The quantitative estimate of drug-likeness (QED) is 0.697. The highest BCUT2D eigenvalue weighted by Gasteiger charge is 2.41. The Balaban J connectivity index is 2.00. The lowest BCUT2D eigenvalue weighted by molar-refractivity contribution is -0.125. The van der Waals surface area contributed by atoms with Gasteiger partial charge in [0.25, 0.3) is 5.91 Å². The minimum atomic E-state index is -0.625. The maximum absolute atomic E-state index is 12.8. The van der Waals surface area contributed by atoms with Crippen molar-refractivity contribution in [3.05, 3.63) is 35.0 Å². The molecule has 0 saturated carbocycles. The predicted octanol–water partition coefficient (Wildman–Crippen LogP) is 0.536. The summed E-state index contributed by atoms with van der Waals surface area (Å²) in [4.78, 5) is 26.5. The second-order valence-electron chi connectivity index (χ2n) is 5.84. The second-order valence-corrected chi connectivity index (χ2v) is 5.84. The number of carbonyl (C=O) groups excluding carboxylic acids is 2. The lowest BCUT2D eigenvalue weighted by atomic mass is 9.95. The summed E-state index contributed by atoms with van der Waals surface area (Å²) in [6, 6.07) is 4.25. The maximum Gasteiger partial charge on any atom is 0.319 e. The molecule has 3 rings (SSSR count). The molecule has 0 spiro atoms. The van der Waals surface area contributed by atoms with Gasteiger partial charge in [-0.25, -0.2) is 4.79 Å². The molecule has 25 heavy (non-hydrogen) atoms. The Kier molecular flexibility index (Phi) is 4.80. The average molecular weight is 347 g/mol. The van der Waals surface area contributed by atoms with Crippen molar-refractivity contribution in [1.82, 2.24) is 15.5 Å². The van der Waals surface area contributed by atoms with Crippen molar-refractivity contribution in [3.8, 4) is 11.5 Å². The Morgan fingerprint density at radius 1 is 1.28 bits per heavy atom. The number of rotatable bonds is 6. The molecule has 2 aliphatic heterocycles. The first-order chi connectivity index (χ1) is 12.1. The Labute approximate surface area is 145 Å². The number of nitrogens with zero attached hydrogens (tertiary/aromatic N) is 1. The van der Waals surface area contributed by atoms with Crippen molar-refractivity contribution >= 4 is 11.9 Å². The zero-order chi connectivity index (χ0) is 18.0. The van der Waals surface area contributed by atoms with Gasteiger partial charge in [-0.05, 0) is 24.6 Å². The zero-order valence-electron chi connectivity index (χ0n) is 14.2. The number of urea groups is 1.